The van der Waals surface area contributed by atoms with E-state index in [0.717, 1.165) is 18.4 Å². The molecule has 0 aromatic rings. The monoisotopic (exact) mass is 346 g/mol. The first-order valence-electron chi connectivity index (χ1n) is 8.63. The fraction of sp³-hybridized carbons (Fsp3) is 0.579. The Morgan fingerprint density at radius 1 is 1.24 bits per heavy atom. The molecule has 6 heteroatoms. The maximum atomic E-state index is 12.3. The summed E-state index contributed by atoms with van der Waals surface area (Å²) in [4.78, 5) is 23.7. The van der Waals surface area contributed by atoms with Gasteiger partial charge < -0.3 is 19.3 Å². The zero-order valence-corrected chi connectivity index (χ0v) is 14.5. The van der Waals surface area contributed by atoms with Crippen LogP contribution in [0.4, 0.5) is 0 Å². The molecule has 0 radical (unpaired) electrons. The van der Waals surface area contributed by atoms with E-state index in [-0.39, 0.29) is 23.4 Å². The summed E-state index contributed by atoms with van der Waals surface area (Å²) in [7, 11) is 0. The molecule has 0 aromatic carbocycles. The number of esters is 2. The highest BCUT2D eigenvalue weighted by molar-refractivity contribution is 5.92. The fourth-order valence-corrected chi connectivity index (χ4v) is 4.42. The standard InChI is InChI=1S/C19H22O6/c1-9-6-14(24-17(9)21)23-8-12-10-7-11-13(20)4-5-19(2,3)15(11)16(10)25-18(12)22/h6-8,10,13-16,20H,4-5H2,1-3H3/b12-8+. The first-order valence-corrected chi connectivity index (χ1v) is 8.63. The molecule has 1 saturated carbocycles. The average molecular weight is 346 g/mol. The van der Waals surface area contributed by atoms with Gasteiger partial charge in [0.1, 0.15) is 6.10 Å². The molecule has 1 N–H and O–H groups in total. The SMILES string of the molecule is CC1=CC(O/C=C2/C(=O)OC3C2C=C2C(O)CCC(C)(C)C23)OC1=O. The predicted octanol–water partition coefficient (Wildman–Crippen LogP) is 1.99. The van der Waals surface area contributed by atoms with E-state index >= 15 is 0 Å². The summed E-state index contributed by atoms with van der Waals surface area (Å²) < 4.78 is 16.1. The number of aliphatic hydroxyl groups is 1. The highest BCUT2D eigenvalue weighted by Gasteiger charge is 2.56. The van der Waals surface area contributed by atoms with Crippen LogP contribution >= 0.6 is 0 Å². The van der Waals surface area contributed by atoms with E-state index in [2.05, 4.69) is 13.8 Å². The van der Waals surface area contributed by atoms with Crippen molar-refractivity contribution in [2.45, 2.75) is 52.1 Å². The van der Waals surface area contributed by atoms with Gasteiger partial charge in [-0.1, -0.05) is 19.9 Å². The number of carbonyl (C=O) groups is 2. The van der Waals surface area contributed by atoms with Crippen molar-refractivity contribution >= 4 is 11.9 Å². The van der Waals surface area contributed by atoms with Crippen molar-refractivity contribution in [2.75, 3.05) is 0 Å². The molecule has 0 bridgehead atoms. The Morgan fingerprint density at radius 2 is 2.00 bits per heavy atom. The van der Waals surface area contributed by atoms with Gasteiger partial charge in [0, 0.05) is 17.6 Å². The number of rotatable bonds is 2. The number of ether oxygens (including phenoxy) is 3. The van der Waals surface area contributed by atoms with Crippen LogP contribution in [0.3, 0.4) is 0 Å². The van der Waals surface area contributed by atoms with Gasteiger partial charge in [-0.25, -0.2) is 9.59 Å². The van der Waals surface area contributed by atoms with Gasteiger partial charge in [0.15, 0.2) is 0 Å². The quantitative estimate of drug-likeness (QED) is 0.356. The fourth-order valence-electron chi connectivity index (χ4n) is 4.42. The Bertz CT molecular complexity index is 728. The van der Waals surface area contributed by atoms with Crippen LogP contribution in [0.25, 0.3) is 0 Å². The molecule has 2 aliphatic heterocycles. The molecule has 0 amide bonds. The van der Waals surface area contributed by atoms with Crippen molar-refractivity contribution in [1.29, 1.82) is 0 Å². The molecule has 6 nitrogen and oxygen atoms in total. The van der Waals surface area contributed by atoms with Gasteiger partial charge in [0.2, 0.25) is 0 Å². The number of cyclic esters (lactones) is 1. The van der Waals surface area contributed by atoms with Crippen LogP contribution in [0.1, 0.15) is 33.6 Å². The van der Waals surface area contributed by atoms with E-state index in [4.69, 9.17) is 14.2 Å². The van der Waals surface area contributed by atoms with Gasteiger partial charge in [-0.15, -0.1) is 0 Å². The summed E-state index contributed by atoms with van der Waals surface area (Å²) in [5.74, 6) is -1.05. The van der Waals surface area contributed by atoms with Gasteiger partial charge in [-0.05, 0) is 30.8 Å². The Hall–Kier alpha value is -2.08. The Morgan fingerprint density at radius 3 is 2.68 bits per heavy atom. The molecular formula is C19H22O6. The third-order valence-electron chi connectivity index (χ3n) is 5.80. The summed E-state index contributed by atoms with van der Waals surface area (Å²) in [6, 6.07) is 0. The second-order valence-corrected chi connectivity index (χ2v) is 7.92. The summed E-state index contributed by atoms with van der Waals surface area (Å²) in [6.07, 6.45) is 4.88. The summed E-state index contributed by atoms with van der Waals surface area (Å²) >= 11 is 0. The van der Waals surface area contributed by atoms with E-state index in [1.165, 1.54) is 6.26 Å². The van der Waals surface area contributed by atoms with Crippen LogP contribution in [0.15, 0.2) is 35.1 Å². The maximum absolute atomic E-state index is 12.3. The molecule has 2 aliphatic carbocycles. The lowest BCUT2D eigenvalue weighted by Gasteiger charge is -2.42. The third-order valence-corrected chi connectivity index (χ3v) is 5.80. The van der Waals surface area contributed by atoms with Crippen LogP contribution in [0.5, 0.6) is 0 Å². The van der Waals surface area contributed by atoms with Crippen molar-refractivity contribution in [3.05, 3.63) is 35.1 Å². The third kappa shape index (κ3) is 2.51. The van der Waals surface area contributed by atoms with Crippen molar-refractivity contribution < 1.29 is 28.9 Å². The highest BCUT2D eigenvalue weighted by atomic mass is 16.7. The van der Waals surface area contributed by atoms with Gasteiger partial charge in [-0.3, -0.25) is 0 Å². The predicted molar refractivity (Wildman–Crippen MR) is 86.8 cm³/mol. The Labute approximate surface area is 146 Å². The van der Waals surface area contributed by atoms with Crippen LogP contribution in [-0.4, -0.2) is 35.5 Å². The molecule has 0 spiro atoms. The molecule has 25 heavy (non-hydrogen) atoms. The van der Waals surface area contributed by atoms with Gasteiger partial charge in [0.05, 0.1) is 23.9 Å². The van der Waals surface area contributed by atoms with Crippen molar-refractivity contribution in [3.63, 3.8) is 0 Å². The number of hydrogen-bond donors (Lipinski definition) is 1. The van der Waals surface area contributed by atoms with E-state index < -0.39 is 24.3 Å². The largest absolute Gasteiger partial charge is 0.458 e. The lowest BCUT2D eigenvalue weighted by molar-refractivity contribution is -0.152. The smallest absolute Gasteiger partial charge is 0.338 e. The molecule has 134 valence electrons. The van der Waals surface area contributed by atoms with Crippen molar-refractivity contribution in [1.82, 2.24) is 0 Å². The van der Waals surface area contributed by atoms with E-state index in [9.17, 15) is 14.7 Å². The van der Waals surface area contributed by atoms with E-state index in [1.807, 2.05) is 6.08 Å². The van der Waals surface area contributed by atoms with Crippen LogP contribution in [-0.2, 0) is 23.8 Å². The first-order chi connectivity index (χ1) is 11.8. The molecular weight excluding hydrogens is 324 g/mol. The Balaban J connectivity index is 1.59. The minimum Gasteiger partial charge on any atom is -0.458 e. The summed E-state index contributed by atoms with van der Waals surface area (Å²) in [5, 5.41) is 10.4. The lowest BCUT2D eigenvalue weighted by atomic mass is 9.65. The molecule has 1 saturated heterocycles. The number of fused-ring (bicyclic) bond motifs is 3. The topological polar surface area (TPSA) is 82.1 Å². The van der Waals surface area contributed by atoms with Crippen LogP contribution < -0.4 is 0 Å². The molecule has 2 heterocycles. The van der Waals surface area contributed by atoms with E-state index in [1.54, 1.807) is 13.0 Å². The average Bonchev–Trinajstić information content (AvgIpc) is 3.15. The second kappa shape index (κ2) is 5.46. The van der Waals surface area contributed by atoms with Crippen LogP contribution in [0.2, 0.25) is 0 Å². The zero-order valence-electron chi connectivity index (χ0n) is 14.5. The molecule has 5 unspecified atom stereocenters. The zero-order chi connectivity index (χ0) is 17.9. The highest BCUT2D eigenvalue weighted by Crippen LogP contribution is 2.55. The Kier molecular flexibility index (Phi) is 3.58. The number of carbonyl (C=O) groups excluding carboxylic acids is 2. The molecule has 0 aromatic heterocycles. The first kappa shape index (κ1) is 16.4. The lowest BCUT2D eigenvalue weighted by Crippen LogP contribution is -2.41. The normalized spacial score (nSPS) is 40.2. The minimum atomic E-state index is -0.815. The summed E-state index contributed by atoms with van der Waals surface area (Å²) in [6.45, 7) is 5.95. The minimum absolute atomic E-state index is 0.0162. The molecule has 2 fully saturated rings. The van der Waals surface area contributed by atoms with Crippen LogP contribution in [0, 0.1) is 17.3 Å². The van der Waals surface area contributed by atoms with E-state index in [0.29, 0.717) is 11.1 Å². The van der Waals surface area contributed by atoms with Gasteiger partial charge in [-0.2, -0.15) is 0 Å². The molecule has 5 atom stereocenters. The second-order valence-electron chi connectivity index (χ2n) is 7.92. The van der Waals surface area contributed by atoms with Crippen molar-refractivity contribution in [2.24, 2.45) is 17.3 Å². The summed E-state index contributed by atoms with van der Waals surface area (Å²) in [5.41, 5.74) is 1.81. The van der Waals surface area contributed by atoms with Crippen molar-refractivity contribution in [3.8, 4) is 0 Å². The van der Waals surface area contributed by atoms with Gasteiger partial charge in [0.25, 0.3) is 6.29 Å². The number of hydrogen-bond acceptors (Lipinski definition) is 6. The maximum Gasteiger partial charge on any atom is 0.338 e. The van der Waals surface area contributed by atoms with Gasteiger partial charge >= 0.3 is 11.9 Å². The molecule has 4 rings (SSSR count). The molecule has 4 aliphatic rings. The number of aliphatic hydroxyl groups excluding tert-OH is 1.